The molecular formula is C12H10BrNO4. The zero-order valence-electron chi connectivity index (χ0n) is 9.51. The molecule has 2 rings (SSSR count). The molecule has 1 heterocycles. The van der Waals surface area contributed by atoms with Crippen LogP contribution in [0.4, 0.5) is 5.69 Å². The lowest BCUT2D eigenvalue weighted by molar-refractivity contribution is -0.122. The maximum atomic E-state index is 11.9. The second kappa shape index (κ2) is 4.53. The molecule has 0 saturated carbocycles. The number of carbonyl (C=O) groups is 3. The summed E-state index contributed by atoms with van der Waals surface area (Å²) in [6, 6.07) is 4.44. The smallest absolute Gasteiger partial charge is 0.337 e. The zero-order chi connectivity index (χ0) is 13.4. The Balaban J connectivity index is 2.55. The van der Waals surface area contributed by atoms with Gasteiger partial charge < -0.3 is 5.11 Å². The number of nitrogens with zero attached hydrogens (tertiary/aromatic N) is 1. The molecule has 1 unspecified atom stereocenters. The number of hydrogen-bond acceptors (Lipinski definition) is 3. The third-order valence-corrected chi connectivity index (χ3v) is 3.30. The molecule has 2 amide bonds. The Hall–Kier alpha value is -1.69. The van der Waals surface area contributed by atoms with Gasteiger partial charge in [0.05, 0.1) is 11.3 Å². The van der Waals surface area contributed by atoms with Gasteiger partial charge in [-0.1, -0.05) is 22.9 Å². The van der Waals surface area contributed by atoms with Crippen LogP contribution in [-0.4, -0.2) is 22.9 Å². The van der Waals surface area contributed by atoms with Gasteiger partial charge in [-0.2, -0.15) is 0 Å². The first-order valence-corrected chi connectivity index (χ1v) is 6.10. The second-order valence-electron chi connectivity index (χ2n) is 4.14. The molecule has 0 aliphatic carbocycles. The van der Waals surface area contributed by atoms with Crippen molar-refractivity contribution in [2.24, 2.45) is 5.92 Å². The fourth-order valence-electron chi connectivity index (χ4n) is 1.91. The van der Waals surface area contributed by atoms with Crippen LogP contribution in [0.5, 0.6) is 0 Å². The van der Waals surface area contributed by atoms with Crippen LogP contribution in [0.2, 0.25) is 0 Å². The number of benzene rings is 1. The molecule has 1 aliphatic rings. The first-order chi connectivity index (χ1) is 8.41. The molecule has 1 fully saturated rings. The average molecular weight is 312 g/mol. The van der Waals surface area contributed by atoms with E-state index in [-0.39, 0.29) is 29.5 Å². The van der Waals surface area contributed by atoms with Gasteiger partial charge in [0.2, 0.25) is 11.8 Å². The largest absolute Gasteiger partial charge is 0.478 e. The van der Waals surface area contributed by atoms with Gasteiger partial charge in [-0.15, -0.1) is 0 Å². The number of imide groups is 1. The molecule has 1 aromatic carbocycles. The Morgan fingerprint density at radius 1 is 1.44 bits per heavy atom. The van der Waals surface area contributed by atoms with Crippen molar-refractivity contribution in [2.75, 3.05) is 4.90 Å². The number of carbonyl (C=O) groups excluding carboxylic acids is 2. The summed E-state index contributed by atoms with van der Waals surface area (Å²) in [5, 5.41) is 9.12. The van der Waals surface area contributed by atoms with Gasteiger partial charge in [-0.05, 0) is 18.2 Å². The third kappa shape index (κ3) is 2.03. The van der Waals surface area contributed by atoms with Crippen LogP contribution in [-0.2, 0) is 9.59 Å². The van der Waals surface area contributed by atoms with Gasteiger partial charge in [-0.3, -0.25) is 9.59 Å². The molecule has 94 valence electrons. The van der Waals surface area contributed by atoms with Crippen molar-refractivity contribution < 1.29 is 19.5 Å². The van der Waals surface area contributed by atoms with E-state index in [1.54, 1.807) is 13.0 Å². The summed E-state index contributed by atoms with van der Waals surface area (Å²) in [4.78, 5) is 35.7. The summed E-state index contributed by atoms with van der Waals surface area (Å²) in [6.07, 6.45) is 0.119. The number of aromatic carboxylic acids is 1. The first kappa shape index (κ1) is 12.8. The van der Waals surface area contributed by atoms with E-state index in [2.05, 4.69) is 15.9 Å². The van der Waals surface area contributed by atoms with Gasteiger partial charge in [-0.25, -0.2) is 9.69 Å². The van der Waals surface area contributed by atoms with E-state index in [9.17, 15) is 14.4 Å². The van der Waals surface area contributed by atoms with Gasteiger partial charge in [0.25, 0.3) is 0 Å². The number of halogens is 1. The van der Waals surface area contributed by atoms with Crippen molar-refractivity contribution in [3.05, 3.63) is 28.2 Å². The monoisotopic (exact) mass is 311 g/mol. The molecule has 1 N–H and O–H groups in total. The maximum Gasteiger partial charge on any atom is 0.337 e. The fourth-order valence-corrected chi connectivity index (χ4v) is 2.27. The number of carboxylic acids is 1. The Morgan fingerprint density at radius 3 is 2.61 bits per heavy atom. The summed E-state index contributed by atoms with van der Waals surface area (Å²) in [6.45, 7) is 1.65. The minimum atomic E-state index is -1.17. The summed E-state index contributed by atoms with van der Waals surface area (Å²) in [7, 11) is 0. The second-order valence-corrected chi connectivity index (χ2v) is 5.05. The summed E-state index contributed by atoms with van der Waals surface area (Å²) < 4.78 is 0.579. The molecule has 1 atom stereocenters. The van der Waals surface area contributed by atoms with Crippen LogP contribution in [0, 0.1) is 5.92 Å². The highest BCUT2D eigenvalue weighted by atomic mass is 79.9. The molecule has 6 heteroatoms. The number of amides is 2. The summed E-state index contributed by atoms with van der Waals surface area (Å²) in [5.74, 6) is -2.30. The SMILES string of the molecule is CC1CC(=O)N(c2ccc(Br)cc2C(=O)O)C1=O. The van der Waals surface area contributed by atoms with Crippen LogP contribution >= 0.6 is 15.9 Å². The van der Waals surface area contributed by atoms with Crippen LogP contribution in [0.25, 0.3) is 0 Å². The number of rotatable bonds is 2. The first-order valence-electron chi connectivity index (χ1n) is 5.31. The van der Waals surface area contributed by atoms with E-state index >= 15 is 0 Å². The van der Waals surface area contributed by atoms with Gasteiger partial charge in [0, 0.05) is 16.8 Å². The molecule has 1 aromatic rings. The van der Waals surface area contributed by atoms with Crippen molar-refractivity contribution in [3.63, 3.8) is 0 Å². The van der Waals surface area contributed by atoms with Gasteiger partial charge in [0.15, 0.2) is 0 Å². The minimum absolute atomic E-state index is 0.0693. The molecule has 0 spiro atoms. The quantitative estimate of drug-likeness (QED) is 0.848. The van der Waals surface area contributed by atoms with Crippen LogP contribution in [0.1, 0.15) is 23.7 Å². The highest BCUT2D eigenvalue weighted by molar-refractivity contribution is 9.10. The molecule has 1 aliphatic heterocycles. The van der Waals surface area contributed by atoms with Crippen LogP contribution in [0.3, 0.4) is 0 Å². The van der Waals surface area contributed by atoms with Crippen LogP contribution in [0.15, 0.2) is 22.7 Å². The predicted molar refractivity (Wildman–Crippen MR) is 67.4 cm³/mol. The fraction of sp³-hybridized carbons (Fsp3) is 0.250. The maximum absolute atomic E-state index is 11.9. The molecule has 0 bridgehead atoms. The molecule has 0 aromatic heterocycles. The predicted octanol–water partition coefficient (Wildman–Crippen LogP) is 2.05. The van der Waals surface area contributed by atoms with E-state index < -0.39 is 11.9 Å². The van der Waals surface area contributed by atoms with Crippen molar-refractivity contribution in [2.45, 2.75) is 13.3 Å². The van der Waals surface area contributed by atoms with E-state index in [4.69, 9.17) is 5.11 Å². The molecule has 0 radical (unpaired) electrons. The Labute approximate surface area is 112 Å². The highest BCUT2D eigenvalue weighted by Gasteiger charge is 2.38. The van der Waals surface area contributed by atoms with E-state index in [0.717, 1.165) is 4.90 Å². The van der Waals surface area contributed by atoms with Crippen molar-refractivity contribution in [3.8, 4) is 0 Å². The summed E-state index contributed by atoms with van der Waals surface area (Å²) >= 11 is 3.16. The van der Waals surface area contributed by atoms with Crippen molar-refractivity contribution in [1.29, 1.82) is 0 Å². The molecule has 1 saturated heterocycles. The minimum Gasteiger partial charge on any atom is -0.478 e. The average Bonchev–Trinajstić information content (AvgIpc) is 2.54. The van der Waals surface area contributed by atoms with E-state index in [1.165, 1.54) is 12.1 Å². The molecule has 5 nitrogen and oxygen atoms in total. The van der Waals surface area contributed by atoms with Crippen molar-refractivity contribution in [1.82, 2.24) is 0 Å². The topological polar surface area (TPSA) is 74.7 Å². The van der Waals surface area contributed by atoms with Gasteiger partial charge >= 0.3 is 5.97 Å². The van der Waals surface area contributed by atoms with Crippen molar-refractivity contribution >= 4 is 39.4 Å². The van der Waals surface area contributed by atoms with E-state index in [1.807, 2.05) is 0 Å². The lowest BCUT2D eigenvalue weighted by Crippen LogP contribution is -2.31. The molecular weight excluding hydrogens is 302 g/mol. The normalized spacial score (nSPS) is 19.4. The standard InChI is InChI=1S/C12H10BrNO4/c1-6-4-10(15)14(11(6)16)9-3-2-7(13)5-8(9)12(17)18/h2-3,5-6H,4H2,1H3,(H,17,18). The van der Waals surface area contributed by atoms with Crippen LogP contribution < -0.4 is 4.90 Å². The summed E-state index contributed by atoms with van der Waals surface area (Å²) in [5.41, 5.74) is 0.0604. The molecule has 18 heavy (non-hydrogen) atoms. The Morgan fingerprint density at radius 2 is 2.11 bits per heavy atom. The number of anilines is 1. The van der Waals surface area contributed by atoms with Gasteiger partial charge in [0.1, 0.15) is 0 Å². The Bertz CT molecular complexity index is 555. The third-order valence-electron chi connectivity index (χ3n) is 2.80. The lowest BCUT2D eigenvalue weighted by atomic mass is 10.1. The highest BCUT2D eigenvalue weighted by Crippen LogP contribution is 2.30. The number of carboxylic acid groups (broad SMARTS) is 1. The van der Waals surface area contributed by atoms with E-state index in [0.29, 0.717) is 4.47 Å². The number of hydrogen-bond donors (Lipinski definition) is 1. The zero-order valence-corrected chi connectivity index (χ0v) is 11.1. The lowest BCUT2D eigenvalue weighted by Gasteiger charge is -2.17. The Kier molecular flexibility index (Phi) is 3.21.